The third-order valence-electron chi connectivity index (χ3n) is 3.68. The molecule has 2 aliphatic rings. The average molecular weight is 402 g/mol. The second kappa shape index (κ2) is 7.92. The second-order valence-electron chi connectivity index (χ2n) is 5.13. The summed E-state index contributed by atoms with van der Waals surface area (Å²) >= 11 is 2.27. The number of carbonyl (C=O) groups is 4. The molecule has 1 aromatic rings. The van der Waals surface area contributed by atoms with Crippen molar-refractivity contribution in [2.24, 2.45) is 0 Å². The minimum atomic E-state index is -1.49. The van der Waals surface area contributed by atoms with Gasteiger partial charge in [-0.2, -0.15) is 0 Å². The van der Waals surface area contributed by atoms with Gasteiger partial charge in [0.25, 0.3) is 17.6 Å². The molecular weight excluding hydrogens is 391 g/mol. The monoisotopic (exact) mass is 402 g/mol. The molecule has 0 radical (unpaired) electrons. The van der Waals surface area contributed by atoms with Gasteiger partial charge in [-0.25, -0.2) is 4.98 Å². The molecule has 0 saturated carbocycles. The summed E-state index contributed by atoms with van der Waals surface area (Å²) < 4.78 is 0. The Balaban J connectivity index is 0.00000243. The van der Waals surface area contributed by atoms with Crippen molar-refractivity contribution in [2.75, 3.05) is 11.5 Å². The number of fused-ring (bicyclic) bond motifs is 1. The maximum Gasteiger partial charge on any atom is 1.00 e. The summed E-state index contributed by atoms with van der Waals surface area (Å²) in [7, 11) is 0. The van der Waals surface area contributed by atoms with Gasteiger partial charge in [0, 0.05) is 11.1 Å². The Morgan fingerprint density at radius 2 is 2.15 bits per heavy atom. The number of amides is 2. The summed E-state index contributed by atoms with van der Waals surface area (Å²) in [6.45, 7) is 3.52. The maximum absolute atomic E-state index is 12.3. The number of β-lactam (4-membered cyclic amide) rings is 1. The Labute approximate surface area is 178 Å². The number of aliphatic carboxylic acids is 1. The molecule has 0 bridgehead atoms. The van der Waals surface area contributed by atoms with E-state index in [4.69, 9.17) is 5.73 Å². The van der Waals surface area contributed by atoms with Gasteiger partial charge in [0.1, 0.15) is 17.1 Å². The molecule has 1 saturated heterocycles. The first kappa shape index (κ1) is 20.6. The van der Waals surface area contributed by atoms with E-state index in [1.807, 2.05) is 0 Å². The number of carboxylic acid groups (broad SMARTS) is 1. The molecule has 3 N–H and O–H groups in total. The molecule has 1 fully saturated rings. The Morgan fingerprint density at radius 3 is 2.69 bits per heavy atom. The number of carboxylic acids is 1. The van der Waals surface area contributed by atoms with Crippen molar-refractivity contribution in [3.05, 3.63) is 35.0 Å². The predicted molar refractivity (Wildman–Crippen MR) is 88.1 cm³/mol. The van der Waals surface area contributed by atoms with E-state index in [0.29, 0.717) is 11.3 Å². The van der Waals surface area contributed by atoms with Crippen LogP contribution in [0.5, 0.6) is 0 Å². The van der Waals surface area contributed by atoms with E-state index in [0.717, 1.165) is 16.2 Å². The fraction of sp³-hybridized carbons (Fsp3) is 0.214. The van der Waals surface area contributed by atoms with Crippen LogP contribution in [0, 0.1) is 0 Å². The Kier molecular flexibility index (Phi) is 6.29. The number of hydrogen-bond donors (Lipinski definition) is 2. The van der Waals surface area contributed by atoms with Crippen LogP contribution in [0.15, 0.2) is 29.3 Å². The van der Waals surface area contributed by atoms with Gasteiger partial charge in [-0.3, -0.25) is 19.3 Å². The molecule has 26 heavy (non-hydrogen) atoms. The van der Waals surface area contributed by atoms with Crippen molar-refractivity contribution in [3.63, 3.8) is 0 Å². The average Bonchev–Trinajstić information content (AvgIpc) is 3.03. The molecule has 12 heteroatoms. The van der Waals surface area contributed by atoms with Crippen molar-refractivity contribution in [3.8, 4) is 0 Å². The van der Waals surface area contributed by atoms with Crippen LogP contribution in [0.3, 0.4) is 0 Å². The molecule has 9 nitrogen and oxygen atoms in total. The topological polar surface area (TPSA) is 146 Å². The van der Waals surface area contributed by atoms with Crippen molar-refractivity contribution < 1.29 is 53.8 Å². The van der Waals surface area contributed by atoms with E-state index in [9.17, 15) is 24.3 Å². The number of nitrogen functional groups attached to an aromatic ring is 1. The Hall–Kier alpha value is -1.66. The van der Waals surface area contributed by atoms with E-state index >= 15 is 0 Å². The van der Waals surface area contributed by atoms with Crippen LogP contribution in [-0.2, 0) is 14.4 Å². The molecule has 3 heterocycles. The fourth-order valence-electron chi connectivity index (χ4n) is 2.50. The number of nitrogens with one attached hydrogen (secondary N) is 1. The van der Waals surface area contributed by atoms with Gasteiger partial charge in [0.05, 0.1) is 11.7 Å². The van der Waals surface area contributed by atoms with Gasteiger partial charge >= 0.3 is 29.6 Å². The number of allylic oxidation sites excluding steroid dienone is 1. The van der Waals surface area contributed by atoms with E-state index in [-0.39, 0.29) is 46.1 Å². The minimum Gasteiger partial charge on any atom is -0.543 e. The summed E-state index contributed by atoms with van der Waals surface area (Å²) in [5.41, 5.74) is 5.42. The first-order valence-corrected chi connectivity index (χ1v) is 8.85. The number of carbonyl (C=O) groups excluding carboxylic acids is 4. The third-order valence-corrected chi connectivity index (χ3v) is 5.66. The number of Topliss-reactive ketones (excluding diaryl/α,β-unsaturated/α-hetero) is 1. The van der Waals surface area contributed by atoms with Gasteiger partial charge in [0.15, 0.2) is 5.13 Å². The zero-order valence-electron chi connectivity index (χ0n) is 13.6. The zero-order valence-corrected chi connectivity index (χ0v) is 17.2. The van der Waals surface area contributed by atoms with Gasteiger partial charge in [-0.15, -0.1) is 23.1 Å². The molecule has 2 amide bonds. The van der Waals surface area contributed by atoms with Crippen molar-refractivity contribution in [2.45, 2.75) is 11.4 Å². The van der Waals surface area contributed by atoms with Crippen LogP contribution < -0.4 is 45.7 Å². The number of anilines is 1. The van der Waals surface area contributed by atoms with E-state index in [2.05, 4.69) is 16.9 Å². The quantitative estimate of drug-likeness (QED) is 0.217. The van der Waals surface area contributed by atoms with Crippen LogP contribution >= 0.6 is 23.1 Å². The number of hydrogen-bond acceptors (Lipinski definition) is 9. The van der Waals surface area contributed by atoms with Crippen LogP contribution in [0.1, 0.15) is 10.5 Å². The first-order chi connectivity index (χ1) is 11.8. The van der Waals surface area contributed by atoms with Crippen molar-refractivity contribution in [1.29, 1.82) is 0 Å². The summed E-state index contributed by atoms with van der Waals surface area (Å²) in [6, 6.07) is -1.00. The largest absolute Gasteiger partial charge is 1.00 e. The maximum atomic E-state index is 12.3. The molecule has 0 spiro atoms. The van der Waals surface area contributed by atoms with Crippen LogP contribution in [0.4, 0.5) is 5.13 Å². The molecule has 1 aromatic heterocycles. The normalized spacial score (nSPS) is 21.2. The predicted octanol–water partition coefficient (Wildman–Crippen LogP) is -4.50. The Morgan fingerprint density at radius 1 is 1.46 bits per heavy atom. The number of rotatable bonds is 5. The zero-order chi connectivity index (χ0) is 18.3. The number of ketones is 1. The summed E-state index contributed by atoms with van der Waals surface area (Å²) in [6.07, 6.45) is 1.35. The minimum absolute atomic E-state index is 0. The van der Waals surface area contributed by atoms with E-state index < -0.39 is 35.0 Å². The molecular formula is C14H11N4NaO5S2. The molecule has 2 atom stereocenters. The summed E-state index contributed by atoms with van der Waals surface area (Å²) in [5, 5.41) is 14.5. The SMILES string of the molecule is C=CC1=C(C(=O)[O-])N2C(=O)C(NC(=O)C(=O)c3csc(N)n3)[C@@H]2SC1.[Na+]. The molecule has 1 unspecified atom stereocenters. The van der Waals surface area contributed by atoms with Gasteiger partial charge < -0.3 is 21.0 Å². The van der Waals surface area contributed by atoms with Crippen LogP contribution in [0.2, 0.25) is 0 Å². The third kappa shape index (κ3) is 3.45. The summed E-state index contributed by atoms with van der Waals surface area (Å²) in [4.78, 5) is 52.4. The number of nitrogens with zero attached hydrogens (tertiary/aromatic N) is 2. The van der Waals surface area contributed by atoms with Gasteiger partial charge in [-0.1, -0.05) is 12.7 Å². The van der Waals surface area contributed by atoms with E-state index in [1.165, 1.54) is 23.2 Å². The van der Waals surface area contributed by atoms with E-state index in [1.54, 1.807) is 0 Å². The smallest absolute Gasteiger partial charge is 0.543 e. The van der Waals surface area contributed by atoms with Gasteiger partial charge in [-0.05, 0) is 5.57 Å². The molecule has 130 valence electrons. The van der Waals surface area contributed by atoms with Crippen LogP contribution in [-0.4, -0.2) is 50.6 Å². The van der Waals surface area contributed by atoms with Gasteiger partial charge in [0.2, 0.25) is 0 Å². The number of nitrogens with two attached hydrogens (primary N) is 1. The van der Waals surface area contributed by atoms with Crippen molar-refractivity contribution in [1.82, 2.24) is 15.2 Å². The first-order valence-electron chi connectivity index (χ1n) is 6.93. The summed E-state index contributed by atoms with van der Waals surface area (Å²) in [5.74, 6) is -3.74. The number of thiazole rings is 1. The second-order valence-corrected chi connectivity index (χ2v) is 7.12. The molecule has 0 aromatic carbocycles. The van der Waals surface area contributed by atoms with Crippen molar-refractivity contribution >= 4 is 51.8 Å². The fourth-order valence-corrected chi connectivity index (χ4v) is 4.39. The molecule has 3 rings (SSSR count). The van der Waals surface area contributed by atoms with Crippen LogP contribution in [0.25, 0.3) is 0 Å². The standard InChI is InChI=1S/C14H12N4O5S2.Na/c1-2-5-3-24-12-7(11(21)18(12)8(5)13(22)23)17-10(20)9(19)6-4-25-14(15)16-6;/h2,4,7,12H,1,3H2,(H2,15,16)(H,17,20)(H,22,23);/q;+1/p-1/t7?,12-;/m0./s1. The Bertz CT molecular complexity index is 852. The molecule has 0 aliphatic carbocycles. The number of thioether (sulfide) groups is 1. The number of aromatic nitrogens is 1. The molecule has 2 aliphatic heterocycles.